The molecule has 2 unspecified atom stereocenters. The van der Waals surface area contributed by atoms with Gasteiger partial charge in [-0.3, -0.25) is 14.6 Å². The number of aliphatic hydroxyl groups is 1. The number of aliphatic hydroxyl groups excluding tert-OH is 1. The average Bonchev–Trinajstić information content (AvgIpc) is 3.22. The van der Waals surface area contributed by atoms with Crippen LogP contribution in [0.2, 0.25) is 0 Å². The zero-order valence-corrected chi connectivity index (χ0v) is 18.8. The number of carbonyl (C=O) groups is 2. The van der Waals surface area contributed by atoms with Gasteiger partial charge in [0, 0.05) is 43.9 Å². The zero-order chi connectivity index (χ0) is 22.7. The highest BCUT2D eigenvalue weighted by Gasteiger charge is 2.33. The molecule has 0 saturated heterocycles. The van der Waals surface area contributed by atoms with E-state index in [4.69, 9.17) is 9.52 Å². The van der Waals surface area contributed by atoms with Gasteiger partial charge in [-0.25, -0.2) is 0 Å². The summed E-state index contributed by atoms with van der Waals surface area (Å²) in [4.78, 5) is 30.3. The number of hydrogen-bond donors (Lipinski definition) is 1. The molecule has 6 nitrogen and oxygen atoms in total. The minimum absolute atomic E-state index is 0.0311. The Hall–Kier alpha value is -3.02. The van der Waals surface area contributed by atoms with Crippen molar-refractivity contribution in [1.82, 2.24) is 5.16 Å². The normalized spacial score (nSPS) is 22.7. The number of fused-ring (bicyclic) bond motifs is 1. The molecule has 4 rings (SSSR count). The van der Waals surface area contributed by atoms with Crippen molar-refractivity contribution >= 4 is 17.3 Å². The summed E-state index contributed by atoms with van der Waals surface area (Å²) in [5, 5.41) is 15.0. The second-order valence-corrected chi connectivity index (χ2v) is 8.80. The first-order valence-electron chi connectivity index (χ1n) is 11.6. The molecule has 2 aliphatic carbocycles. The number of aryl methyl sites for hydroxylation is 2. The fraction of sp³-hybridized carbons (Fsp3) is 0.462. The minimum atomic E-state index is -0.0806. The average molecular weight is 435 g/mol. The summed E-state index contributed by atoms with van der Waals surface area (Å²) in [7, 11) is 0. The highest BCUT2D eigenvalue weighted by molar-refractivity contribution is 6.24. The molecule has 2 aromatic rings. The van der Waals surface area contributed by atoms with E-state index in [0.29, 0.717) is 60.4 Å². The van der Waals surface area contributed by atoms with Crippen molar-refractivity contribution < 1.29 is 19.2 Å². The van der Waals surface area contributed by atoms with Crippen LogP contribution < -0.4 is 0 Å². The Kier molecular flexibility index (Phi) is 6.68. The first-order valence-corrected chi connectivity index (χ1v) is 11.6. The van der Waals surface area contributed by atoms with E-state index in [1.807, 2.05) is 37.3 Å². The first kappa shape index (κ1) is 22.2. The molecule has 32 heavy (non-hydrogen) atoms. The molecule has 168 valence electrons. The Bertz CT molecular complexity index is 1060. The Morgan fingerprint density at radius 2 is 1.97 bits per heavy atom. The molecule has 1 aromatic carbocycles. The van der Waals surface area contributed by atoms with Crippen LogP contribution in [0, 0.1) is 0 Å². The molecule has 0 amide bonds. The number of rotatable bonds is 6. The van der Waals surface area contributed by atoms with Crippen molar-refractivity contribution in [2.75, 3.05) is 0 Å². The van der Waals surface area contributed by atoms with Crippen molar-refractivity contribution in [2.45, 2.75) is 77.2 Å². The van der Waals surface area contributed by atoms with Crippen molar-refractivity contribution in [1.29, 1.82) is 0 Å². The maximum absolute atomic E-state index is 13.2. The summed E-state index contributed by atoms with van der Waals surface area (Å²) in [5.41, 5.74) is 3.29. The quantitative estimate of drug-likeness (QED) is 0.490. The molecule has 6 heteroatoms. The molecular formula is C26H30N2O4. The van der Waals surface area contributed by atoms with Crippen LogP contribution in [0.1, 0.15) is 85.7 Å². The van der Waals surface area contributed by atoms with Crippen LogP contribution >= 0.6 is 0 Å². The van der Waals surface area contributed by atoms with Crippen molar-refractivity contribution in [2.24, 2.45) is 4.99 Å². The van der Waals surface area contributed by atoms with E-state index >= 15 is 0 Å². The lowest BCUT2D eigenvalue weighted by atomic mass is 9.78. The lowest BCUT2D eigenvalue weighted by Crippen LogP contribution is -2.27. The number of allylic oxidation sites excluding steroid dienone is 2. The third-order valence-corrected chi connectivity index (χ3v) is 6.48. The number of benzene rings is 1. The monoisotopic (exact) mass is 434 g/mol. The van der Waals surface area contributed by atoms with Crippen LogP contribution in [0.5, 0.6) is 0 Å². The zero-order valence-electron chi connectivity index (χ0n) is 18.8. The highest BCUT2D eigenvalue weighted by atomic mass is 16.5. The van der Waals surface area contributed by atoms with E-state index in [-0.39, 0.29) is 35.7 Å². The molecule has 1 aromatic heterocycles. The van der Waals surface area contributed by atoms with Crippen molar-refractivity contribution in [3.05, 3.63) is 64.2 Å². The molecule has 1 fully saturated rings. The van der Waals surface area contributed by atoms with Crippen molar-refractivity contribution in [3.63, 3.8) is 0 Å². The lowest BCUT2D eigenvalue weighted by Gasteiger charge is -2.26. The SMILES string of the molecule is CCC(C)N=C1CC(c2ccccc2)CC(=O)C1=C(O)CCc1noc2c1C(=O)CCC2. The smallest absolute Gasteiger partial charge is 0.168 e. The van der Waals surface area contributed by atoms with E-state index in [1.54, 1.807) is 0 Å². The van der Waals surface area contributed by atoms with Crippen LogP contribution in [-0.2, 0) is 17.6 Å². The van der Waals surface area contributed by atoms with Gasteiger partial charge < -0.3 is 9.63 Å². The number of nitrogens with zero attached hydrogens (tertiary/aromatic N) is 2. The predicted octanol–water partition coefficient (Wildman–Crippen LogP) is 5.32. The van der Waals surface area contributed by atoms with Crippen LogP contribution in [0.4, 0.5) is 0 Å². The van der Waals surface area contributed by atoms with Gasteiger partial charge in [-0.15, -0.1) is 0 Å². The van der Waals surface area contributed by atoms with E-state index in [1.165, 1.54) is 0 Å². The molecule has 1 saturated carbocycles. The third-order valence-electron chi connectivity index (χ3n) is 6.48. The molecule has 0 spiro atoms. The van der Waals surface area contributed by atoms with Gasteiger partial charge in [-0.05, 0) is 37.7 Å². The van der Waals surface area contributed by atoms with Gasteiger partial charge in [0.05, 0.1) is 16.8 Å². The van der Waals surface area contributed by atoms with Crippen LogP contribution in [0.25, 0.3) is 0 Å². The van der Waals surface area contributed by atoms with Gasteiger partial charge in [0.15, 0.2) is 11.6 Å². The third kappa shape index (κ3) is 4.59. The van der Waals surface area contributed by atoms with Gasteiger partial charge in [-0.2, -0.15) is 0 Å². The minimum Gasteiger partial charge on any atom is -0.511 e. The molecular weight excluding hydrogens is 404 g/mol. The lowest BCUT2D eigenvalue weighted by molar-refractivity contribution is -0.116. The number of aliphatic imine (C=N–C) groups is 1. The Labute approximate surface area is 188 Å². The van der Waals surface area contributed by atoms with Gasteiger partial charge >= 0.3 is 0 Å². The number of carbonyl (C=O) groups excluding carboxylic acids is 2. The van der Waals surface area contributed by atoms with Gasteiger partial charge in [0.2, 0.25) is 0 Å². The fourth-order valence-electron chi connectivity index (χ4n) is 4.57. The molecule has 2 atom stereocenters. The van der Waals surface area contributed by atoms with Crippen LogP contribution in [-0.4, -0.2) is 33.6 Å². The van der Waals surface area contributed by atoms with Crippen LogP contribution in [0.15, 0.2) is 51.2 Å². The molecule has 0 aliphatic heterocycles. The van der Waals surface area contributed by atoms with E-state index in [2.05, 4.69) is 12.1 Å². The summed E-state index contributed by atoms with van der Waals surface area (Å²) < 4.78 is 5.35. The van der Waals surface area contributed by atoms with Gasteiger partial charge in [0.1, 0.15) is 11.5 Å². The number of aromatic nitrogens is 1. The molecule has 1 N–H and O–H groups in total. The first-order chi connectivity index (χ1) is 15.5. The fourth-order valence-corrected chi connectivity index (χ4v) is 4.57. The van der Waals surface area contributed by atoms with Gasteiger partial charge in [0.25, 0.3) is 0 Å². The van der Waals surface area contributed by atoms with Gasteiger partial charge in [-0.1, -0.05) is 42.4 Å². The largest absolute Gasteiger partial charge is 0.511 e. The van der Waals surface area contributed by atoms with Crippen molar-refractivity contribution in [3.8, 4) is 0 Å². The summed E-state index contributed by atoms with van der Waals surface area (Å²) in [6.45, 7) is 4.08. The molecule has 0 radical (unpaired) electrons. The molecule has 2 aliphatic rings. The predicted molar refractivity (Wildman–Crippen MR) is 122 cm³/mol. The second-order valence-electron chi connectivity index (χ2n) is 8.80. The summed E-state index contributed by atoms with van der Waals surface area (Å²) >= 11 is 0. The standard InChI is InChI=1S/C26H30N2O4/c1-3-16(2)27-20-14-18(17-8-5-4-6-9-17)15-23(31)25(20)22(30)13-12-19-26-21(29)10-7-11-24(26)32-28-19/h4-6,8-9,16,18,30H,3,7,10-15H2,1-2H3. The maximum atomic E-state index is 13.2. The number of ketones is 2. The summed E-state index contributed by atoms with van der Waals surface area (Å²) in [5.74, 6) is 0.699. The Morgan fingerprint density at radius 3 is 2.72 bits per heavy atom. The number of Topliss-reactive ketones (excluding diaryl/α,β-unsaturated/α-hetero) is 2. The van der Waals surface area contributed by atoms with E-state index < -0.39 is 0 Å². The van der Waals surface area contributed by atoms with E-state index in [0.717, 1.165) is 18.4 Å². The Balaban J connectivity index is 1.59. The van der Waals surface area contributed by atoms with E-state index in [9.17, 15) is 14.7 Å². The number of hydrogen-bond acceptors (Lipinski definition) is 6. The summed E-state index contributed by atoms with van der Waals surface area (Å²) in [6.07, 6.45) is 4.40. The highest BCUT2D eigenvalue weighted by Crippen LogP contribution is 2.34. The molecule has 1 heterocycles. The topological polar surface area (TPSA) is 92.8 Å². The Morgan fingerprint density at radius 1 is 1.19 bits per heavy atom. The summed E-state index contributed by atoms with van der Waals surface area (Å²) in [6, 6.07) is 10.1. The molecule has 0 bridgehead atoms. The second kappa shape index (κ2) is 9.63. The van der Waals surface area contributed by atoms with Crippen LogP contribution in [0.3, 0.4) is 0 Å². The maximum Gasteiger partial charge on any atom is 0.168 e.